The molecule has 0 radical (unpaired) electrons. The summed E-state index contributed by atoms with van der Waals surface area (Å²) in [4.78, 5) is 10.9. The van der Waals surface area contributed by atoms with Crippen molar-refractivity contribution in [3.05, 3.63) is 35.1 Å². The molecule has 7 heteroatoms. The van der Waals surface area contributed by atoms with Crippen molar-refractivity contribution >= 4 is 5.82 Å². The van der Waals surface area contributed by atoms with Gasteiger partial charge in [-0.3, -0.25) is 0 Å². The highest BCUT2D eigenvalue weighted by Gasteiger charge is 2.19. The Kier molecular flexibility index (Phi) is 5.42. The lowest BCUT2D eigenvalue weighted by atomic mass is 10.1. The Labute approximate surface area is 142 Å². The molecule has 1 aliphatic heterocycles. The summed E-state index contributed by atoms with van der Waals surface area (Å²) in [7, 11) is 2.09. The van der Waals surface area contributed by atoms with Gasteiger partial charge in [-0.15, -0.1) is 0 Å². The fourth-order valence-corrected chi connectivity index (χ4v) is 2.91. The van der Waals surface area contributed by atoms with Gasteiger partial charge in [-0.2, -0.15) is 0 Å². The highest BCUT2D eigenvalue weighted by molar-refractivity contribution is 5.36. The van der Waals surface area contributed by atoms with Crippen LogP contribution in [0.2, 0.25) is 0 Å². The lowest BCUT2D eigenvalue weighted by molar-refractivity contribution is 0.193. The Morgan fingerprint density at radius 3 is 2.92 bits per heavy atom. The quantitative estimate of drug-likeness (QED) is 0.833. The lowest BCUT2D eigenvalue weighted by Gasteiger charge is -2.17. The minimum atomic E-state index is 0.399. The van der Waals surface area contributed by atoms with Gasteiger partial charge in [0, 0.05) is 43.8 Å². The van der Waals surface area contributed by atoms with Gasteiger partial charge < -0.3 is 19.5 Å². The van der Waals surface area contributed by atoms with Crippen LogP contribution in [0.5, 0.6) is 0 Å². The zero-order chi connectivity index (χ0) is 16.9. The highest BCUT2D eigenvalue weighted by Crippen LogP contribution is 2.24. The summed E-state index contributed by atoms with van der Waals surface area (Å²) in [6, 6.07) is 2.04. The minimum absolute atomic E-state index is 0.399. The zero-order valence-electron chi connectivity index (χ0n) is 14.6. The molecule has 0 saturated carbocycles. The fraction of sp³-hybridized carbons (Fsp3) is 0.588. The van der Waals surface area contributed by atoms with E-state index in [1.807, 2.05) is 19.9 Å². The Hall–Kier alpha value is -1.99. The second kappa shape index (κ2) is 7.72. The summed E-state index contributed by atoms with van der Waals surface area (Å²) in [6.07, 6.45) is 2.67. The van der Waals surface area contributed by atoms with Crippen LogP contribution in [-0.4, -0.2) is 53.4 Å². The van der Waals surface area contributed by atoms with Gasteiger partial charge in [-0.25, -0.2) is 9.97 Å². The van der Waals surface area contributed by atoms with Gasteiger partial charge in [-0.1, -0.05) is 5.16 Å². The van der Waals surface area contributed by atoms with Crippen molar-refractivity contribution in [3.63, 3.8) is 0 Å². The molecule has 24 heavy (non-hydrogen) atoms. The van der Waals surface area contributed by atoms with E-state index in [2.05, 4.69) is 32.4 Å². The van der Waals surface area contributed by atoms with Crippen LogP contribution in [0.3, 0.4) is 0 Å². The first-order chi connectivity index (χ1) is 11.6. The van der Waals surface area contributed by atoms with Crippen LogP contribution in [0, 0.1) is 13.8 Å². The fourth-order valence-electron chi connectivity index (χ4n) is 2.91. The minimum Gasteiger partial charge on any atom is -0.381 e. The van der Waals surface area contributed by atoms with Crippen LogP contribution < -0.4 is 5.32 Å². The van der Waals surface area contributed by atoms with E-state index in [0.717, 1.165) is 62.2 Å². The van der Waals surface area contributed by atoms with E-state index < -0.39 is 0 Å². The maximum Gasteiger partial charge on any atom is 0.138 e. The third-order valence-electron chi connectivity index (χ3n) is 4.45. The number of likely N-dealkylation sites (N-methyl/N-ethyl adjacent to an activating group) is 1. The van der Waals surface area contributed by atoms with Crippen molar-refractivity contribution in [3.8, 4) is 0 Å². The van der Waals surface area contributed by atoms with E-state index in [1.54, 1.807) is 6.33 Å². The Morgan fingerprint density at radius 2 is 2.21 bits per heavy atom. The average molecular weight is 331 g/mol. The first-order valence-electron chi connectivity index (χ1n) is 8.37. The molecule has 2 aromatic rings. The molecule has 2 aromatic heterocycles. The molecule has 0 bridgehead atoms. The number of ether oxygens (including phenoxy) is 1. The summed E-state index contributed by atoms with van der Waals surface area (Å²) in [6.45, 7) is 8.06. The van der Waals surface area contributed by atoms with Gasteiger partial charge in [0.15, 0.2) is 0 Å². The predicted molar refractivity (Wildman–Crippen MR) is 91.0 cm³/mol. The van der Waals surface area contributed by atoms with Gasteiger partial charge in [0.1, 0.15) is 17.9 Å². The van der Waals surface area contributed by atoms with Gasteiger partial charge in [0.05, 0.1) is 18.0 Å². The summed E-state index contributed by atoms with van der Waals surface area (Å²) in [5.74, 6) is 2.17. The second-order valence-corrected chi connectivity index (χ2v) is 6.36. The van der Waals surface area contributed by atoms with Crippen molar-refractivity contribution in [2.24, 2.45) is 0 Å². The molecule has 0 aromatic carbocycles. The van der Waals surface area contributed by atoms with E-state index in [-0.39, 0.29) is 0 Å². The maximum atomic E-state index is 5.43. The largest absolute Gasteiger partial charge is 0.381 e. The highest BCUT2D eigenvalue weighted by atomic mass is 16.5. The Morgan fingerprint density at radius 1 is 1.33 bits per heavy atom. The maximum absolute atomic E-state index is 5.43. The second-order valence-electron chi connectivity index (χ2n) is 6.36. The van der Waals surface area contributed by atoms with E-state index in [1.165, 1.54) is 5.56 Å². The van der Waals surface area contributed by atoms with Crippen LogP contribution in [0.15, 0.2) is 16.9 Å². The predicted octanol–water partition coefficient (Wildman–Crippen LogP) is 2.13. The molecule has 3 heterocycles. The standard InChI is InChI=1S/C17H25N5O2/c1-12-15(13(2)24-21-12)9-22(3)6-5-18-17-8-16(19-11-20-17)14-4-7-23-10-14/h8,11,14H,4-7,9-10H2,1-3H3,(H,18,19,20). The Balaban J connectivity index is 1.48. The number of nitrogens with one attached hydrogen (secondary N) is 1. The molecule has 0 aliphatic carbocycles. The number of nitrogens with zero attached hydrogens (tertiary/aromatic N) is 4. The van der Waals surface area contributed by atoms with Crippen LogP contribution in [0.1, 0.15) is 35.1 Å². The molecule has 1 atom stereocenters. The van der Waals surface area contributed by atoms with E-state index >= 15 is 0 Å². The summed E-state index contributed by atoms with van der Waals surface area (Å²) < 4.78 is 10.6. The molecule has 7 nitrogen and oxygen atoms in total. The van der Waals surface area contributed by atoms with Crippen LogP contribution in [0.25, 0.3) is 0 Å². The Bertz CT molecular complexity index is 647. The average Bonchev–Trinajstić information content (AvgIpc) is 3.21. The molecule has 3 rings (SSSR count). The number of hydrogen-bond donors (Lipinski definition) is 1. The van der Waals surface area contributed by atoms with Gasteiger partial charge in [0.25, 0.3) is 0 Å². The first-order valence-corrected chi connectivity index (χ1v) is 8.37. The van der Waals surface area contributed by atoms with Crippen molar-refractivity contribution in [1.29, 1.82) is 0 Å². The van der Waals surface area contributed by atoms with Crippen LogP contribution in [-0.2, 0) is 11.3 Å². The van der Waals surface area contributed by atoms with Crippen LogP contribution in [0.4, 0.5) is 5.82 Å². The number of anilines is 1. The topological polar surface area (TPSA) is 76.3 Å². The molecule has 1 aliphatic rings. The molecule has 0 amide bonds. The summed E-state index contributed by atoms with van der Waals surface area (Å²) >= 11 is 0. The molecule has 130 valence electrons. The van der Waals surface area contributed by atoms with Crippen molar-refractivity contribution in [2.45, 2.75) is 32.7 Å². The number of aromatic nitrogens is 3. The SMILES string of the molecule is Cc1noc(C)c1CN(C)CCNc1cc(C2CCOC2)ncn1. The molecule has 1 N–H and O–H groups in total. The van der Waals surface area contributed by atoms with Crippen molar-refractivity contribution in [2.75, 3.05) is 38.7 Å². The van der Waals surface area contributed by atoms with Gasteiger partial charge >= 0.3 is 0 Å². The summed E-state index contributed by atoms with van der Waals surface area (Å²) in [5.41, 5.74) is 3.20. The number of hydrogen-bond acceptors (Lipinski definition) is 7. The van der Waals surface area contributed by atoms with E-state index in [0.29, 0.717) is 5.92 Å². The normalized spacial score (nSPS) is 17.6. The van der Waals surface area contributed by atoms with Gasteiger partial charge in [-0.05, 0) is 27.3 Å². The third kappa shape index (κ3) is 4.10. The number of rotatable bonds is 7. The molecule has 1 unspecified atom stereocenters. The van der Waals surface area contributed by atoms with E-state index in [4.69, 9.17) is 9.26 Å². The molecule has 1 saturated heterocycles. The lowest BCUT2D eigenvalue weighted by Crippen LogP contribution is -2.25. The molecular formula is C17H25N5O2. The summed E-state index contributed by atoms with van der Waals surface area (Å²) in [5, 5.41) is 7.38. The zero-order valence-corrected chi connectivity index (χ0v) is 14.6. The molecule has 1 fully saturated rings. The van der Waals surface area contributed by atoms with Gasteiger partial charge in [0.2, 0.25) is 0 Å². The van der Waals surface area contributed by atoms with Crippen molar-refractivity contribution in [1.82, 2.24) is 20.0 Å². The molecule has 0 spiro atoms. The third-order valence-corrected chi connectivity index (χ3v) is 4.45. The monoisotopic (exact) mass is 331 g/mol. The first kappa shape index (κ1) is 16.9. The molecular weight excluding hydrogens is 306 g/mol. The smallest absolute Gasteiger partial charge is 0.138 e. The van der Waals surface area contributed by atoms with Crippen LogP contribution >= 0.6 is 0 Å². The van der Waals surface area contributed by atoms with Crippen molar-refractivity contribution < 1.29 is 9.26 Å². The number of aryl methyl sites for hydroxylation is 2. The van der Waals surface area contributed by atoms with E-state index in [9.17, 15) is 0 Å².